The van der Waals surface area contributed by atoms with Crippen molar-refractivity contribution in [1.29, 1.82) is 0 Å². The number of nitrogens with one attached hydrogen (secondary N) is 1. The van der Waals surface area contributed by atoms with Gasteiger partial charge in [-0.3, -0.25) is 0 Å². The van der Waals surface area contributed by atoms with Gasteiger partial charge in [0, 0.05) is 16.2 Å². The van der Waals surface area contributed by atoms with Crippen LogP contribution in [0.1, 0.15) is 19.4 Å². The van der Waals surface area contributed by atoms with E-state index in [4.69, 9.17) is 0 Å². The molecule has 12 heavy (non-hydrogen) atoms. The van der Waals surface area contributed by atoms with E-state index < -0.39 is 0 Å². The molecule has 0 spiro atoms. The largest absolute Gasteiger partial charge is 0.383 e. The third-order valence-corrected chi connectivity index (χ3v) is 2.57. The summed E-state index contributed by atoms with van der Waals surface area (Å²) >= 11 is 3.50. The van der Waals surface area contributed by atoms with E-state index in [2.05, 4.69) is 54.2 Å². The van der Waals surface area contributed by atoms with Crippen molar-refractivity contribution in [2.45, 2.75) is 26.8 Å². The molecule has 66 valence electrons. The SMILES string of the molecule is Cc1c(Br)cccc1NC(C)C. The molecule has 0 amide bonds. The third-order valence-electron chi connectivity index (χ3n) is 1.71. The van der Waals surface area contributed by atoms with Crippen molar-refractivity contribution in [3.63, 3.8) is 0 Å². The predicted molar refractivity (Wildman–Crippen MR) is 57.6 cm³/mol. The van der Waals surface area contributed by atoms with Gasteiger partial charge in [-0.05, 0) is 38.5 Å². The molecule has 1 rings (SSSR count). The van der Waals surface area contributed by atoms with Crippen molar-refractivity contribution < 1.29 is 0 Å². The highest BCUT2D eigenvalue weighted by Crippen LogP contribution is 2.23. The third kappa shape index (κ3) is 2.24. The summed E-state index contributed by atoms with van der Waals surface area (Å²) in [6.45, 7) is 6.38. The summed E-state index contributed by atoms with van der Waals surface area (Å²) in [4.78, 5) is 0. The summed E-state index contributed by atoms with van der Waals surface area (Å²) in [5.74, 6) is 0. The minimum Gasteiger partial charge on any atom is -0.383 e. The van der Waals surface area contributed by atoms with E-state index in [-0.39, 0.29) is 0 Å². The van der Waals surface area contributed by atoms with Gasteiger partial charge in [0.1, 0.15) is 0 Å². The molecule has 0 atom stereocenters. The number of anilines is 1. The average molecular weight is 228 g/mol. The van der Waals surface area contributed by atoms with Crippen molar-refractivity contribution in [3.8, 4) is 0 Å². The van der Waals surface area contributed by atoms with Crippen molar-refractivity contribution in [1.82, 2.24) is 0 Å². The van der Waals surface area contributed by atoms with Crippen LogP contribution in [-0.4, -0.2) is 6.04 Å². The lowest BCUT2D eigenvalue weighted by Crippen LogP contribution is -2.10. The Kier molecular flexibility index (Phi) is 3.15. The Morgan fingerprint density at radius 2 is 2.00 bits per heavy atom. The first kappa shape index (κ1) is 9.59. The van der Waals surface area contributed by atoms with E-state index in [9.17, 15) is 0 Å². The summed E-state index contributed by atoms with van der Waals surface area (Å²) in [6.07, 6.45) is 0. The van der Waals surface area contributed by atoms with Crippen LogP contribution < -0.4 is 5.32 Å². The van der Waals surface area contributed by atoms with E-state index >= 15 is 0 Å². The first-order valence-corrected chi connectivity index (χ1v) is 4.92. The van der Waals surface area contributed by atoms with Crippen molar-refractivity contribution in [2.24, 2.45) is 0 Å². The number of rotatable bonds is 2. The number of hydrogen-bond donors (Lipinski definition) is 1. The van der Waals surface area contributed by atoms with Gasteiger partial charge in [-0.25, -0.2) is 0 Å². The number of benzene rings is 1. The molecule has 0 aliphatic carbocycles. The van der Waals surface area contributed by atoms with Crippen LogP contribution >= 0.6 is 15.9 Å². The first-order chi connectivity index (χ1) is 5.61. The molecule has 1 aromatic rings. The number of halogens is 1. The number of hydrogen-bond acceptors (Lipinski definition) is 1. The molecule has 0 unspecified atom stereocenters. The van der Waals surface area contributed by atoms with E-state index in [0.29, 0.717) is 6.04 Å². The summed E-state index contributed by atoms with van der Waals surface area (Å²) in [6, 6.07) is 6.68. The topological polar surface area (TPSA) is 12.0 Å². The van der Waals surface area contributed by atoms with Crippen LogP contribution in [-0.2, 0) is 0 Å². The Bertz CT molecular complexity index is 269. The molecule has 0 radical (unpaired) electrons. The lowest BCUT2D eigenvalue weighted by Gasteiger charge is -2.13. The zero-order valence-corrected chi connectivity index (χ0v) is 9.27. The highest BCUT2D eigenvalue weighted by Gasteiger charge is 2.01. The van der Waals surface area contributed by atoms with E-state index in [1.807, 2.05) is 6.07 Å². The lowest BCUT2D eigenvalue weighted by molar-refractivity contribution is 0.897. The normalized spacial score (nSPS) is 10.4. The van der Waals surface area contributed by atoms with E-state index in [0.717, 1.165) is 4.47 Å². The Balaban J connectivity index is 2.92. The Morgan fingerprint density at radius 1 is 1.33 bits per heavy atom. The van der Waals surface area contributed by atoms with Gasteiger partial charge in [0.2, 0.25) is 0 Å². The van der Waals surface area contributed by atoms with Gasteiger partial charge in [-0.1, -0.05) is 22.0 Å². The van der Waals surface area contributed by atoms with Crippen molar-refractivity contribution in [2.75, 3.05) is 5.32 Å². The van der Waals surface area contributed by atoms with Crippen LogP contribution in [0.15, 0.2) is 22.7 Å². The van der Waals surface area contributed by atoms with Crippen molar-refractivity contribution >= 4 is 21.6 Å². The highest BCUT2D eigenvalue weighted by atomic mass is 79.9. The molecule has 0 heterocycles. The highest BCUT2D eigenvalue weighted by molar-refractivity contribution is 9.10. The van der Waals surface area contributed by atoms with E-state index in [1.165, 1.54) is 11.3 Å². The smallest absolute Gasteiger partial charge is 0.0383 e. The minimum atomic E-state index is 0.484. The van der Waals surface area contributed by atoms with E-state index in [1.54, 1.807) is 0 Å². The summed E-state index contributed by atoms with van der Waals surface area (Å²) in [5.41, 5.74) is 2.48. The Labute approximate surface area is 82.3 Å². The second-order valence-corrected chi connectivity index (χ2v) is 4.07. The molecule has 0 fully saturated rings. The molecular weight excluding hydrogens is 214 g/mol. The van der Waals surface area contributed by atoms with Gasteiger partial charge in [-0.15, -0.1) is 0 Å². The molecule has 0 saturated heterocycles. The lowest BCUT2D eigenvalue weighted by atomic mass is 10.2. The standard InChI is InChI=1S/C10H14BrN/c1-7(2)12-10-6-4-5-9(11)8(10)3/h4-7,12H,1-3H3. The second kappa shape index (κ2) is 3.94. The van der Waals surface area contributed by atoms with Gasteiger partial charge in [-0.2, -0.15) is 0 Å². The fourth-order valence-electron chi connectivity index (χ4n) is 1.07. The fraction of sp³-hybridized carbons (Fsp3) is 0.400. The van der Waals surface area contributed by atoms with Gasteiger partial charge in [0.15, 0.2) is 0 Å². The molecule has 0 aliphatic rings. The molecule has 0 aromatic heterocycles. The maximum Gasteiger partial charge on any atom is 0.0383 e. The van der Waals surface area contributed by atoms with Crippen LogP contribution in [0.4, 0.5) is 5.69 Å². The van der Waals surface area contributed by atoms with Crippen LogP contribution in [0, 0.1) is 6.92 Å². The van der Waals surface area contributed by atoms with Crippen LogP contribution in [0.5, 0.6) is 0 Å². The van der Waals surface area contributed by atoms with Crippen molar-refractivity contribution in [3.05, 3.63) is 28.2 Å². The quantitative estimate of drug-likeness (QED) is 0.815. The summed E-state index contributed by atoms with van der Waals surface area (Å²) in [5, 5.41) is 3.38. The Morgan fingerprint density at radius 3 is 2.58 bits per heavy atom. The fourth-order valence-corrected chi connectivity index (χ4v) is 1.44. The zero-order valence-electron chi connectivity index (χ0n) is 7.69. The maximum atomic E-state index is 3.50. The van der Waals surface area contributed by atoms with Crippen LogP contribution in [0.2, 0.25) is 0 Å². The van der Waals surface area contributed by atoms with Gasteiger partial charge in [0.05, 0.1) is 0 Å². The average Bonchev–Trinajstić information content (AvgIpc) is 1.98. The molecule has 0 aliphatic heterocycles. The molecule has 0 saturated carbocycles. The van der Waals surface area contributed by atoms with Gasteiger partial charge in [0.25, 0.3) is 0 Å². The first-order valence-electron chi connectivity index (χ1n) is 4.13. The summed E-state index contributed by atoms with van der Waals surface area (Å²) in [7, 11) is 0. The maximum absolute atomic E-state index is 3.50. The zero-order chi connectivity index (χ0) is 9.14. The molecule has 1 nitrogen and oxygen atoms in total. The molecule has 1 N–H and O–H groups in total. The monoisotopic (exact) mass is 227 g/mol. The minimum absolute atomic E-state index is 0.484. The van der Waals surface area contributed by atoms with Gasteiger partial charge >= 0.3 is 0 Å². The van der Waals surface area contributed by atoms with Crippen LogP contribution in [0.25, 0.3) is 0 Å². The molecule has 0 bridgehead atoms. The molecule has 1 aromatic carbocycles. The predicted octanol–water partition coefficient (Wildman–Crippen LogP) is 3.58. The molecular formula is C10H14BrN. The summed E-state index contributed by atoms with van der Waals surface area (Å²) < 4.78 is 1.16. The second-order valence-electron chi connectivity index (χ2n) is 3.21. The molecule has 2 heteroatoms. The van der Waals surface area contributed by atoms with Crippen LogP contribution in [0.3, 0.4) is 0 Å². The van der Waals surface area contributed by atoms with Gasteiger partial charge < -0.3 is 5.32 Å². The Hall–Kier alpha value is -0.500.